The van der Waals surface area contributed by atoms with Gasteiger partial charge in [-0.25, -0.2) is 0 Å². The SMILES string of the molecule is COCc1cnccc1C(F)(F)F. The zero-order chi connectivity index (χ0) is 9.90. The molecule has 0 saturated carbocycles. The van der Waals surface area contributed by atoms with Crippen LogP contribution in [0, 0.1) is 0 Å². The molecule has 0 N–H and O–H groups in total. The Labute approximate surface area is 73.4 Å². The average molecular weight is 191 g/mol. The number of hydrogen-bond acceptors (Lipinski definition) is 2. The number of alkyl halides is 3. The van der Waals surface area contributed by atoms with Gasteiger partial charge >= 0.3 is 6.18 Å². The summed E-state index contributed by atoms with van der Waals surface area (Å²) in [5.74, 6) is 0. The topological polar surface area (TPSA) is 22.1 Å². The fraction of sp³-hybridized carbons (Fsp3) is 0.375. The summed E-state index contributed by atoms with van der Waals surface area (Å²) in [5.41, 5.74) is -0.637. The van der Waals surface area contributed by atoms with Gasteiger partial charge in [0.25, 0.3) is 0 Å². The number of hydrogen-bond donors (Lipinski definition) is 0. The summed E-state index contributed by atoms with van der Waals surface area (Å²) in [6.07, 6.45) is -2.06. The second kappa shape index (κ2) is 3.74. The van der Waals surface area contributed by atoms with E-state index in [1.54, 1.807) is 0 Å². The van der Waals surface area contributed by atoms with Crippen LogP contribution < -0.4 is 0 Å². The highest BCUT2D eigenvalue weighted by atomic mass is 19.4. The van der Waals surface area contributed by atoms with Gasteiger partial charge in [-0.15, -0.1) is 0 Å². The number of rotatable bonds is 2. The molecule has 0 aliphatic carbocycles. The second-order valence-corrected chi connectivity index (χ2v) is 2.46. The van der Waals surface area contributed by atoms with E-state index in [1.165, 1.54) is 7.11 Å². The van der Waals surface area contributed by atoms with Gasteiger partial charge < -0.3 is 4.74 Å². The lowest BCUT2D eigenvalue weighted by atomic mass is 10.1. The predicted octanol–water partition coefficient (Wildman–Crippen LogP) is 2.25. The van der Waals surface area contributed by atoms with Crippen LogP contribution in [0.1, 0.15) is 11.1 Å². The van der Waals surface area contributed by atoms with E-state index in [1.807, 2.05) is 0 Å². The van der Waals surface area contributed by atoms with Gasteiger partial charge in [0.15, 0.2) is 0 Å². The molecule has 0 radical (unpaired) electrons. The molecule has 0 amide bonds. The lowest BCUT2D eigenvalue weighted by Gasteiger charge is -2.10. The van der Waals surface area contributed by atoms with Crippen LogP contribution >= 0.6 is 0 Å². The van der Waals surface area contributed by atoms with Crippen molar-refractivity contribution in [2.75, 3.05) is 7.11 Å². The molecular weight excluding hydrogens is 183 g/mol. The van der Waals surface area contributed by atoms with E-state index in [0.717, 1.165) is 18.5 Å². The maximum Gasteiger partial charge on any atom is 0.416 e. The van der Waals surface area contributed by atoms with Crippen LogP contribution in [-0.4, -0.2) is 12.1 Å². The molecule has 13 heavy (non-hydrogen) atoms. The van der Waals surface area contributed by atoms with Crippen molar-refractivity contribution in [1.29, 1.82) is 0 Å². The molecule has 0 unspecified atom stereocenters. The van der Waals surface area contributed by atoms with Crippen LogP contribution in [0.2, 0.25) is 0 Å². The Bertz CT molecular complexity index is 285. The van der Waals surface area contributed by atoms with Crippen LogP contribution in [-0.2, 0) is 17.5 Å². The molecule has 0 spiro atoms. The lowest BCUT2D eigenvalue weighted by molar-refractivity contribution is -0.138. The molecule has 1 heterocycles. The zero-order valence-corrected chi connectivity index (χ0v) is 6.93. The van der Waals surface area contributed by atoms with Crippen LogP contribution in [0.15, 0.2) is 18.5 Å². The van der Waals surface area contributed by atoms with Gasteiger partial charge in [-0.2, -0.15) is 13.2 Å². The van der Waals surface area contributed by atoms with Crippen LogP contribution in [0.4, 0.5) is 13.2 Å². The first-order valence-electron chi connectivity index (χ1n) is 3.54. The molecule has 2 nitrogen and oxygen atoms in total. The van der Waals surface area contributed by atoms with Crippen molar-refractivity contribution in [2.45, 2.75) is 12.8 Å². The quantitative estimate of drug-likeness (QED) is 0.715. The lowest BCUT2D eigenvalue weighted by Crippen LogP contribution is -2.09. The Morgan fingerprint density at radius 2 is 2.15 bits per heavy atom. The summed E-state index contributed by atoms with van der Waals surface area (Å²) in [7, 11) is 1.34. The minimum atomic E-state index is -4.34. The number of ether oxygens (including phenoxy) is 1. The second-order valence-electron chi connectivity index (χ2n) is 2.46. The van der Waals surface area contributed by atoms with Crippen molar-refractivity contribution < 1.29 is 17.9 Å². The van der Waals surface area contributed by atoms with Gasteiger partial charge in [-0.05, 0) is 6.07 Å². The predicted molar refractivity (Wildman–Crippen MR) is 40.0 cm³/mol. The fourth-order valence-electron chi connectivity index (χ4n) is 0.974. The Kier molecular flexibility index (Phi) is 2.87. The Balaban J connectivity index is 3.05. The fourth-order valence-corrected chi connectivity index (χ4v) is 0.974. The summed E-state index contributed by atoms with van der Waals surface area (Å²) in [5, 5.41) is 0. The normalized spacial score (nSPS) is 11.7. The van der Waals surface area contributed by atoms with Gasteiger partial charge in [0.05, 0.1) is 12.2 Å². The van der Waals surface area contributed by atoms with Crippen molar-refractivity contribution in [2.24, 2.45) is 0 Å². The number of aromatic nitrogens is 1. The van der Waals surface area contributed by atoms with Gasteiger partial charge in [0.2, 0.25) is 0 Å². The molecule has 0 saturated heterocycles. The van der Waals surface area contributed by atoms with Gasteiger partial charge in [0, 0.05) is 25.1 Å². The van der Waals surface area contributed by atoms with Crippen LogP contribution in [0.25, 0.3) is 0 Å². The molecule has 0 aliphatic heterocycles. The largest absolute Gasteiger partial charge is 0.416 e. The van der Waals surface area contributed by atoms with E-state index in [2.05, 4.69) is 9.72 Å². The minimum Gasteiger partial charge on any atom is -0.380 e. The van der Waals surface area contributed by atoms with Gasteiger partial charge in [-0.1, -0.05) is 0 Å². The highest BCUT2D eigenvalue weighted by Crippen LogP contribution is 2.31. The van der Waals surface area contributed by atoms with E-state index in [9.17, 15) is 13.2 Å². The summed E-state index contributed by atoms with van der Waals surface area (Å²) in [6.45, 7) is -0.0807. The van der Waals surface area contributed by atoms with Crippen molar-refractivity contribution in [3.63, 3.8) is 0 Å². The first-order valence-corrected chi connectivity index (χ1v) is 3.54. The Morgan fingerprint density at radius 3 is 2.69 bits per heavy atom. The molecule has 1 aromatic rings. The molecule has 72 valence electrons. The summed E-state index contributed by atoms with van der Waals surface area (Å²) in [6, 6.07) is 0.939. The smallest absolute Gasteiger partial charge is 0.380 e. The van der Waals surface area contributed by atoms with E-state index in [-0.39, 0.29) is 12.2 Å². The van der Waals surface area contributed by atoms with E-state index >= 15 is 0 Å². The number of methoxy groups -OCH3 is 1. The molecular formula is C8H8F3NO. The number of halogens is 3. The molecule has 0 aliphatic rings. The Morgan fingerprint density at radius 1 is 1.46 bits per heavy atom. The summed E-state index contributed by atoms with van der Waals surface area (Å²) in [4.78, 5) is 3.60. The molecule has 5 heteroatoms. The first-order chi connectivity index (χ1) is 6.05. The molecule has 1 aromatic heterocycles. The third kappa shape index (κ3) is 2.42. The summed E-state index contributed by atoms with van der Waals surface area (Å²) >= 11 is 0. The van der Waals surface area contributed by atoms with Gasteiger partial charge in [0.1, 0.15) is 0 Å². The number of pyridine rings is 1. The van der Waals surface area contributed by atoms with Crippen molar-refractivity contribution >= 4 is 0 Å². The highest BCUT2D eigenvalue weighted by molar-refractivity contribution is 5.25. The van der Waals surface area contributed by atoms with E-state index in [0.29, 0.717) is 0 Å². The third-order valence-electron chi connectivity index (χ3n) is 1.51. The molecule has 1 rings (SSSR count). The Hall–Kier alpha value is -1.10. The molecule has 0 atom stereocenters. The van der Waals surface area contributed by atoms with E-state index < -0.39 is 11.7 Å². The third-order valence-corrected chi connectivity index (χ3v) is 1.51. The number of nitrogens with zero attached hydrogens (tertiary/aromatic N) is 1. The van der Waals surface area contributed by atoms with Crippen molar-refractivity contribution in [1.82, 2.24) is 4.98 Å². The maximum atomic E-state index is 12.3. The van der Waals surface area contributed by atoms with E-state index in [4.69, 9.17) is 0 Å². The van der Waals surface area contributed by atoms with Gasteiger partial charge in [-0.3, -0.25) is 4.98 Å². The van der Waals surface area contributed by atoms with Crippen molar-refractivity contribution in [3.05, 3.63) is 29.6 Å². The monoisotopic (exact) mass is 191 g/mol. The molecule has 0 aromatic carbocycles. The van der Waals surface area contributed by atoms with Crippen LogP contribution in [0.5, 0.6) is 0 Å². The average Bonchev–Trinajstić information content (AvgIpc) is 2.04. The summed E-state index contributed by atoms with van der Waals surface area (Å²) < 4.78 is 41.5. The van der Waals surface area contributed by atoms with Crippen LogP contribution in [0.3, 0.4) is 0 Å². The van der Waals surface area contributed by atoms with Crippen molar-refractivity contribution in [3.8, 4) is 0 Å². The zero-order valence-electron chi connectivity index (χ0n) is 6.93. The minimum absolute atomic E-state index is 0.0532. The molecule has 0 fully saturated rings. The highest BCUT2D eigenvalue weighted by Gasteiger charge is 2.32. The first kappa shape index (κ1) is 9.98. The maximum absolute atomic E-state index is 12.3. The standard InChI is InChI=1S/C8H8F3NO/c1-13-5-6-4-12-3-2-7(6)8(9,10)11/h2-4H,5H2,1H3. The molecule has 0 bridgehead atoms.